The molecule has 1 nitrogen and oxygen atoms in total. The maximum atomic E-state index is 5.98. The van der Waals surface area contributed by atoms with Gasteiger partial charge in [0.1, 0.15) is 0 Å². The van der Waals surface area contributed by atoms with Gasteiger partial charge in [-0.3, -0.25) is 0 Å². The number of hydrogen-bond acceptors (Lipinski definition) is 1. The highest BCUT2D eigenvalue weighted by Crippen LogP contribution is 2.47. The third-order valence-corrected chi connectivity index (χ3v) is 4.65. The maximum absolute atomic E-state index is 5.98. The SMILES string of the molecule is CC1=C(CC(C)N)C(C)CC(C(C)(C)C)C1C. The zero-order valence-electron chi connectivity index (χ0n) is 12.8. The van der Waals surface area contributed by atoms with Crippen molar-refractivity contribution in [1.82, 2.24) is 0 Å². The van der Waals surface area contributed by atoms with E-state index in [9.17, 15) is 0 Å². The van der Waals surface area contributed by atoms with Crippen molar-refractivity contribution < 1.29 is 0 Å². The first-order valence-electron chi connectivity index (χ1n) is 7.09. The molecule has 0 aromatic heterocycles. The molecule has 17 heavy (non-hydrogen) atoms. The molecule has 1 aliphatic rings. The molecule has 0 aromatic carbocycles. The van der Waals surface area contributed by atoms with Crippen molar-refractivity contribution >= 4 is 0 Å². The van der Waals surface area contributed by atoms with E-state index in [1.54, 1.807) is 11.1 Å². The smallest absolute Gasteiger partial charge is 0.00478 e. The van der Waals surface area contributed by atoms with Crippen LogP contribution in [0.5, 0.6) is 0 Å². The van der Waals surface area contributed by atoms with Crippen LogP contribution in [0.15, 0.2) is 11.1 Å². The molecule has 0 saturated carbocycles. The topological polar surface area (TPSA) is 26.0 Å². The van der Waals surface area contributed by atoms with E-state index in [0.717, 1.165) is 12.3 Å². The van der Waals surface area contributed by atoms with Crippen LogP contribution in [0.4, 0.5) is 0 Å². The zero-order valence-corrected chi connectivity index (χ0v) is 12.8. The molecule has 1 heteroatoms. The molecule has 0 aromatic rings. The van der Waals surface area contributed by atoms with Crippen LogP contribution >= 0.6 is 0 Å². The van der Waals surface area contributed by atoms with E-state index < -0.39 is 0 Å². The number of hydrogen-bond donors (Lipinski definition) is 1. The number of nitrogens with two attached hydrogens (primary N) is 1. The zero-order chi connectivity index (χ0) is 13.4. The van der Waals surface area contributed by atoms with Crippen LogP contribution in [0, 0.1) is 23.2 Å². The Morgan fingerprint density at radius 3 is 2.24 bits per heavy atom. The van der Waals surface area contributed by atoms with Crippen molar-refractivity contribution in [3.63, 3.8) is 0 Å². The average Bonchev–Trinajstić information content (AvgIpc) is 2.16. The van der Waals surface area contributed by atoms with Crippen LogP contribution in [0.2, 0.25) is 0 Å². The summed E-state index contributed by atoms with van der Waals surface area (Å²) in [5.41, 5.74) is 9.64. The Morgan fingerprint density at radius 2 is 1.82 bits per heavy atom. The van der Waals surface area contributed by atoms with Crippen LogP contribution < -0.4 is 5.73 Å². The Labute approximate surface area is 108 Å². The normalized spacial score (nSPS) is 32.8. The van der Waals surface area contributed by atoms with E-state index in [1.165, 1.54) is 6.42 Å². The van der Waals surface area contributed by atoms with Gasteiger partial charge >= 0.3 is 0 Å². The quantitative estimate of drug-likeness (QED) is 0.709. The molecule has 1 rings (SSSR count). The van der Waals surface area contributed by atoms with Gasteiger partial charge in [-0.25, -0.2) is 0 Å². The maximum Gasteiger partial charge on any atom is 0.00478 e. The van der Waals surface area contributed by atoms with Crippen molar-refractivity contribution in [2.75, 3.05) is 0 Å². The highest BCUT2D eigenvalue weighted by molar-refractivity contribution is 5.23. The lowest BCUT2D eigenvalue weighted by molar-refractivity contribution is 0.144. The van der Waals surface area contributed by atoms with E-state index in [2.05, 4.69) is 48.5 Å². The Hall–Kier alpha value is -0.300. The molecule has 0 spiro atoms. The predicted octanol–water partition coefficient (Wildman–Crippen LogP) is 4.38. The first kappa shape index (κ1) is 14.8. The van der Waals surface area contributed by atoms with Crippen LogP contribution in [-0.2, 0) is 0 Å². The van der Waals surface area contributed by atoms with Gasteiger partial charge in [-0.1, -0.05) is 45.8 Å². The summed E-state index contributed by atoms with van der Waals surface area (Å²) in [5, 5.41) is 0. The Bertz CT molecular complexity index is 293. The van der Waals surface area contributed by atoms with Crippen LogP contribution in [0.3, 0.4) is 0 Å². The Morgan fingerprint density at radius 1 is 1.29 bits per heavy atom. The van der Waals surface area contributed by atoms with Gasteiger partial charge in [0, 0.05) is 6.04 Å². The molecule has 0 radical (unpaired) electrons. The van der Waals surface area contributed by atoms with Crippen molar-refractivity contribution in [1.29, 1.82) is 0 Å². The molecule has 0 heterocycles. The molecule has 0 aliphatic heterocycles. The molecule has 4 unspecified atom stereocenters. The summed E-state index contributed by atoms with van der Waals surface area (Å²) in [5.74, 6) is 2.22. The second-order valence-corrected chi connectivity index (χ2v) is 7.29. The molecular weight excluding hydrogens is 206 g/mol. The lowest BCUT2D eigenvalue weighted by Gasteiger charge is -2.43. The molecule has 0 bridgehead atoms. The molecule has 0 saturated heterocycles. The molecule has 4 atom stereocenters. The Balaban J connectivity index is 2.99. The summed E-state index contributed by atoms with van der Waals surface area (Å²) in [4.78, 5) is 0. The van der Waals surface area contributed by atoms with Gasteiger partial charge in [0.2, 0.25) is 0 Å². The Kier molecular flexibility index (Phi) is 4.46. The van der Waals surface area contributed by atoms with Gasteiger partial charge in [0.05, 0.1) is 0 Å². The number of rotatable bonds is 2. The number of allylic oxidation sites excluding steroid dienone is 1. The van der Waals surface area contributed by atoms with Gasteiger partial charge in [-0.05, 0) is 49.9 Å². The molecule has 100 valence electrons. The van der Waals surface area contributed by atoms with Gasteiger partial charge in [0.25, 0.3) is 0 Å². The predicted molar refractivity (Wildman–Crippen MR) is 76.9 cm³/mol. The van der Waals surface area contributed by atoms with E-state index in [-0.39, 0.29) is 0 Å². The lowest BCUT2D eigenvalue weighted by Crippen LogP contribution is -2.34. The van der Waals surface area contributed by atoms with Crippen molar-refractivity contribution in [3.05, 3.63) is 11.1 Å². The summed E-state index contributed by atoms with van der Waals surface area (Å²) in [6.07, 6.45) is 2.40. The molecule has 1 aliphatic carbocycles. The fourth-order valence-electron chi connectivity index (χ4n) is 3.52. The second-order valence-electron chi connectivity index (χ2n) is 7.29. The van der Waals surface area contributed by atoms with E-state index >= 15 is 0 Å². The minimum Gasteiger partial charge on any atom is -0.328 e. The summed E-state index contributed by atoms with van der Waals surface area (Å²) >= 11 is 0. The van der Waals surface area contributed by atoms with E-state index in [1.807, 2.05) is 0 Å². The molecule has 0 fully saturated rings. The van der Waals surface area contributed by atoms with Gasteiger partial charge in [-0.15, -0.1) is 0 Å². The third kappa shape index (κ3) is 3.34. The van der Waals surface area contributed by atoms with Crippen LogP contribution in [0.1, 0.15) is 61.3 Å². The molecular formula is C16H31N. The summed E-state index contributed by atoms with van der Waals surface area (Å²) in [6.45, 7) is 16.4. The van der Waals surface area contributed by atoms with Gasteiger partial charge in [-0.2, -0.15) is 0 Å². The lowest BCUT2D eigenvalue weighted by atomic mass is 9.62. The summed E-state index contributed by atoms with van der Waals surface area (Å²) in [6, 6.07) is 0.292. The fraction of sp³-hybridized carbons (Fsp3) is 0.875. The standard InChI is InChI=1S/C16H31N/c1-10-8-15(16(5,6)7)13(4)12(3)14(10)9-11(2)17/h10-11,13,15H,8-9,17H2,1-7H3. The van der Waals surface area contributed by atoms with Crippen LogP contribution in [-0.4, -0.2) is 6.04 Å². The minimum atomic E-state index is 0.292. The summed E-state index contributed by atoms with van der Waals surface area (Å²) < 4.78 is 0. The summed E-state index contributed by atoms with van der Waals surface area (Å²) in [7, 11) is 0. The van der Waals surface area contributed by atoms with Crippen molar-refractivity contribution in [2.24, 2.45) is 28.9 Å². The second kappa shape index (κ2) is 5.14. The highest BCUT2D eigenvalue weighted by Gasteiger charge is 2.36. The van der Waals surface area contributed by atoms with Crippen molar-refractivity contribution in [3.8, 4) is 0 Å². The van der Waals surface area contributed by atoms with E-state index in [4.69, 9.17) is 5.73 Å². The minimum absolute atomic E-state index is 0.292. The van der Waals surface area contributed by atoms with Crippen molar-refractivity contribution in [2.45, 2.75) is 67.3 Å². The first-order chi connectivity index (χ1) is 7.64. The third-order valence-electron chi connectivity index (χ3n) is 4.65. The van der Waals surface area contributed by atoms with Gasteiger partial charge in [0.15, 0.2) is 0 Å². The largest absolute Gasteiger partial charge is 0.328 e. The fourth-order valence-corrected chi connectivity index (χ4v) is 3.52. The monoisotopic (exact) mass is 237 g/mol. The average molecular weight is 237 g/mol. The van der Waals surface area contributed by atoms with Crippen LogP contribution in [0.25, 0.3) is 0 Å². The molecule has 2 N–H and O–H groups in total. The highest BCUT2D eigenvalue weighted by atomic mass is 14.6. The van der Waals surface area contributed by atoms with Gasteiger partial charge < -0.3 is 5.73 Å². The molecule has 0 amide bonds. The van der Waals surface area contributed by atoms with E-state index in [0.29, 0.717) is 23.3 Å². The first-order valence-corrected chi connectivity index (χ1v) is 7.09.